The van der Waals surface area contributed by atoms with Crippen molar-refractivity contribution in [2.24, 2.45) is 11.8 Å². The van der Waals surface area contributed by atoms with E-state index in [9.17, 15) is 9.59 Å². The smallest absolute Gasteiger partial charge is 0.246 e. The highest BCUT2D eigenvalue weighted by molar-refractivity contribution is 5.97. The molecule has 0 aromatic heterocycles. The predicted octanol–water partition coefficient (Wildman–Crippen LogP) is 0.910. The number of piperazine rings is 1. The zero-order valence-electron chi connectivity index (χ0n) is 10.5. The zero-order valence-corrected chi connectivity index (χ0v) is 10.5. The highest BCUT2D eigenvalue weighted by Crippen LogP contribution is 2.38. The molecule has 2 saturated carbocycles. The van der Waals surface area contributed by atoms with Gasteiger partial charge >= 0.3 is 0 Å². The Morgan fingerprint density at radius 3 is 2.35 bits per heavy atom. The van der Waals surface area contributed by atoms with E-state index in [2.05, 4.69) is 12.2 Å². The minimum atomic E-state index is -0.282. The Labute approximate surface area is 102 Å². The molecule has 0 radical (unpaired) electrons. The standard InChI is InChI=1S/C13H20N2O2/c1-7-5-10(6-7)15-8(2)12(16)14-11(13(15)17)9-3-4-9/h7-11H,3-6H2,1-2H3,(H,14,16). The second kappa shape index (κ2) is 3.72. The number of hydrogen-bond donors (Lipinski definition) is 1. The van der Waals surface area contributed by atoms with Crippen LogP contribution in [0, 0.1) is 11.8 Å². The summed E-state index contributed by atoms with van der Waals surface area (Å²) >= 11 is 0. The fourth-order valence-corrected chi connectivity index (χ4v) is 3.15. The summed E-state index contributed by atoms with van der Waals surface area (Å²) in [7, 11) is 0. The molecule has 1 heterocycles. The lowest BCUT2D eigenvalue weighted by Crippen LogP contribution is -2.67. The molecule has 1 aliphatic heterocycles. The molecule has 0 spiro atoms. The second-order valence-corrected chi connectivity index (χ2v) is 5.98. The molecule has 0 bridgehead atoms. The normalized spacial score (nSPS) is 42.1. The van der Waals surface area contributed by atoms with Gasteiger partial charge in [-0.2, -0.15) is 0 Å². The van der Waals surface area contributed by atoms with Crippen molar-refractivity contribution in [3.63, 3.8) is 0 Å². The molecular weight excluding hydrogens is 216 g/mol. The summed E-state index contributed by atoms with van der Waals surface area (Å²) in [4.78, 5) is 26.2. The average molecular weight is 236 g/mol. The number of amides is 2. The van der Waals surface area contributed by atoms with Crippen molar-refractivity contribution in [2.45, 2.75) is 57.7 Å². The molecule has 2 amide bonds. The number of rotatable bonds is 2. The maximum atomic E-state index is 12.4. The molecule has 4 heteroatoms. The summed E-state index contributed by atoms with van der Waals surface area (Å²) < 4.78 is 0. The van der Waals surface area contributed by atoms with Crippen LogP contribution in [0.5, 0.6) is 0 Å². The van der Waals surface area contributed by atoms with Gasteiger partial charge in [-0.15, -0.1) is 0 Å². The molecule has 2 unspecified atom stereocenters. The number of nitrogens with one attached hydrogen (secondary N) is 1. The highest BCUT2D eigenvalue weighted by atomic mass is 16.2. The van der Waals surface area contributed by atoms with Crippen LogP contribution in [-0.2, 0) is 9.59 Å². The zero-order chi connectivity index (χ0) is 12.2. The summed E-state index contributed by atoms with van der Waals surface area (Å²) in [6.07, 6.45) is 4.28. The lowest BCUT2D eigenvalue weighted by molar-refractivity contribution is -0.155. The molecule has 0 aromatic rings. The number of carbonyl (C=O) groups is 2. The topological polar surface area (TPSA) is 49.4 Å². The molecule has 3 rings (SSSR count). The van der Waals surface area contributed by atoms with Gasteiger partial charge in [0.2, 0.25) is 11.8 Å². The van der Waals surface area contributed by atoms with Crippen molar-refractivity contribution < 1.29 is 9.59 Å². The Bertz CT molecular complexity index is 358. The van der Waals surface area contributed by atoms with E-state index < -0.39 is 0 Å². The molecule has 2 aliphatic carbocycles. The third-order valence-electron chi connectivity index (χ3n) is 4.45. The lowest BCUT2D eigenvalue weighted by atomic mass is 9.79. The third-order valence-corrected chi connectivity index (χ3v) is 4.45. The van der Waals surface area contributed by atoms with Gasteiger partial charge in [0.25, 0.3) is 0 Å². The van der Waals surface area contributed by atoms with Gasteiger partial charge in [0, 0.05) is 6.04 Å². The van der Waals surface area contributed by atoms with Gasteiger partial charge in [0.15, 0.2) is 0 Å². The van der Waals surface area contributed by atoms with Crippen LogP contribution in [0.2, 0.25) is 0 Å². The quantitative estimate of drug-likeness (QED) is 0.774. The second-order valence-electron chi connectivity index (χ2n) is 5.98. The highest BCUT2D eigenvalue weighted by Gasteiger charge is 2.49. The lowest BCUT2D eigenvalue weighted by Gasteiger charge is -2.48. The van der Waals surface area contributed by atoms with Crippen molar-refractivity contribution in [2.75, 3.05) is 0 Å². The van der Waals surface area contributed by atoms with Gasteiger partial charge in [0.1, 0.15) is 12.1 Å². The van der Waals surface area contributed by atoms with Crippen molar-refractivity contribution in [1.29, 1.82) is 0 Å². The number of nitrogens with zero attached hydrogens (tertiary/aromatic N) is 1. The van der Waals surface area contributed by atoms with E-state index in [0.717, 1.165) is 25.7 Å². The van der Waals surface area contributed by atoms with Crippen molar-refractivity contribution in [3.8, 4) is 0 Å². The average Bonchev–Trinajstić information content (AvgIpc) is 3.05. The Hall–Kier alpha value is -1.06. The Morgan fingerprint density at radius 1 is 1.18 bits per heavy atom. The van der Waals surface area contributed by atoms with Crippen LogP contribution in [0.4, 0.5) is 0 Å². The van der Waals surface area contributed by atoms with Gasteiger partial charge < -0.3 is 10.2 Å². The minimum absolute atomic E-state index is 0.0288. The van der Waals surface area contributed by atoms with Crippen LogP contribution in [0.15, 0.2) is 0 Å². The van der Waals surface area contributed by atoms with E-state index in [1.165, 1.54) is 0 Å². The van der Waals surface area contributed by atoms with E-state index in [0.29, 0.717) is 17.9 Å². The first-order valence-electron chi connectivity index (χ1n) is 6.70. The molecule has 94 valence electrons. The van der Waals surface area contributed by atoms with Crippen LogP contribution in [0.1, 0.15) is 39.5 Å². The molecule has 2 atom stereocenters. The molecule has 3 aliphatic rings. The SMILES string of the molecule is CC1CC(N2C(=O)C(C3CC3)NC(=O)C2C)C1. The van der Waals surface area contributed by atoms with Crippen molar-refractivity contribution in [3.05, 3.63) is 0 Å². The van der Waals surface area contributed by atoms with Gasteiger partial charge in [-0.25, -0.2) is 0 Å². The molecular formula is C13H20N2O2. The van der Waals surface area contributed by atoms with E-state index in [4.69, 9.17) is 0 Å². The summed E-state index contributed by atoms with van der Waals surface area (Å²) in [5, 5.41) is 2.89. The van der Waals surface area contributed by atoms with Gasteiger partial charge in [-0.1, -0.05) is 6.92 Å². The molecule has 4 nitrogen and oxygen atoms in total. The van der Waals surface area contributed by atoms with Crippen LogP contribution < -0.4 is 5.32 Å². The van der Waals surface area contributed by atoms with Crippen LogP contribution in [0.3, 0.4) is 0 Å². The monoisotopic (exact) mass is 236 g/mol. The fraction of sp³-hybridized carbons (Fsp3) is 0.846. The van der Waals surface area contributed by atoms with E-state index in [1.54, 1.807) is 0 Å². The molecule has 1 N–H and O–H groups in total. The van der Waals surface area contributed by atoms with E-state index in [-0.39, 0.29) is 23.9 Å². The van der Waals surface area contributed by atoms with Crippen molar-refractivity contribution >= 4 is 11.8 Å². The molecule has 17 heavy (non-hydrogen) atoms. The van der Waals surface area contributed by atoms with Gasteiger partial charge in [0.05, 0.1) is 0 Å². The first-order chi connectivity index (χ1) is 8.08. The number of carbonyl (C=O) groups excluding carboxylic acids is 2. The summed E-state index contributed by atoms with van der Waals surface area (Å²) in [5.41, 5.74) is 0. The molecule has 0 aromatic carbocycles. The number of hydrogen-bond acceptors (Lipinski definition) is 2. The van der Waals surface area contributed by atoms with Crippen molar-refractivity contribution in [1.82, 2.24) is 10.2 Å². The third kappa shape index (κ3) is 1.74. The first-order valence-corrected chi connectivity index (χ1v) is 6.70. The maximum absolute atomic E-state index is 12.4. The summed E-state index contributed by atoms with van der Waals surface area (Å²) in [6.45, 7) is 4.05. The molecule has 3 fully saturated rings. The van der Waals surface area contributed by atoms with E-state index >= 15 is 0 Å². The Balaban J connectivity index is 1.78. The van der Waals surface area contributed by atoms with Crippen LogP contribution >= 0.6 is 0 Å². The summed E-state index contributed by atoms with van der Waals surface area (Å²) in [6, 6.07) is -0.204. The van der Waals surface area contributed by atoms with Gasteiger partial charge in [-0.3, -0.25) is 9.59 Å². The largest absolute Gasteiger partial charge is 0.342 e. The van der Waals surface area contributed by atoms with E-state index in [1.807, 2.05) is 11.8 Å². The summed E-state index contributed by atoms with van der Waals surface area (Å²) in [5.74, 6) is 1.29. The predicted molar refractivity (Wildman–Crippen MR) is 63.1 cm³/mol. The van der Waals surface area contributed by atoms with Gasteiger partial charge in [-0.05, 0) is 44.4 Å². The first kappa shape index (κ1) is 11.1. The minimum Gasteiger partial charge on any atom is -0.342 e. The Morgan fingerprint density at radius 2 is 1.82 bits per heavy atom. The fourth-order valence-electron chi connectivity index (χ4n) is 3.15. The van der Waals surface area contributed by atoms with Crippen LogP contribution in [-0.4, -0.2) is 34.8 Å². The van der Waals surface area contributed by atoms with Crippen LogP contribution in [0.25, 0.3) is 0 Å². The maximum Gasteiger partial charge on any atom is 0.246 e. The Kier molecular flexibility index (Phi) is 2.42. The molecule has 1 saturated heterocycles.